The fraction of sp³-hybridized carbons (Fsp3) is 0.273. The van der Waals surface area contributed by atoms with Crippen LogP contribution in [-0.2, 0) is 0 Å². The van der Waals surface area contributed by atoms with Crippen molar-refractivity contribution in [1.29, 1.82) is 0 Å². The van der Waals surface area contributed by atoms with Gasteiger partial charge in [0.2, 0.25) is 0 Å². The average Bonchev–Trinajstić information content (AvgIpc) is 2.04. The number of hydrogen-bond donors (Lipinski definition) is 1. The van der Waals surface area contributed by atoms with Gasteiger partial charge in [0.25, 0.3) is 0 Å². The van der Waals surface area contributed by atoms with Gasteiger partial charge in [-0.3, -0.25) is 0 Å². The molecule has 0 saturated carbocycles. The molecule has 1 atom stereocenters. The van der Waals surface area contributed by atoms with Crippen LogP contribution in [0.15, 0.2) is 30.9 Å². The van der Waals surface area contributed by atoms with E-state index in [9.17, 15) is 4.39 Å². The number of rotatable bonds is 3. The Morgan fingerprint density at radius 1 is 1.57 bits per heavy atom. The van der Waals surface area contributed by atoms with E-state index in [0.717, 1.165) is 11.1 Å². The van der Waals surface area contributed by atoms with E-state index < -0.39 is 0 Å². The van der Waals surface area contributed by atoms with Crippen molar-refractivity contribution in [3.63, 3.8) is 0 Å². The van der Waals surface area contributed by atoms with Gasteiger partial charge >= 0.3 is 0 Å². The molecule has 1 aromatic carbocycles. The topological polar surface area (TPSA) is 26.0 Å². The highest BCUT2D eigenvalue weighted by Gasteiger charge is 2.07. The minimum Gasteiger partial charge on any atom is -0.324 e. The van der Waals surface area contributed by atoms with Gasteiger partial charge in [0.05, 0.1) is 0 Å². The minimum atomic E-state index is -0.216. The number of halogens is 2. The van der Waals surface area contributed by atoms with E-state index in [1.54, 1.807) is 12.1 Å². The molecule has 1 nitrogen and oxygen atoms in total. The van der Waals surface area contributed by atoms with Crippen LogP contribution in [0.1, 0.15) is 23.6 Å². The summed E-state index contributed by atoms with van der Waals surface area (Å²) >= 11 is 0. The molecule has 0 unspecified atom stereocenters. The van der Waals surface area contributed by atoms with E-state index in [4.69, 9.17) is 5.73 Å². The Bertz CT molecular complexity index is 312. The van der Waals surface area contributed by atoms with Crippen LogP contribution in [0.2, 0.25) is 0 Å². The predicted molar refractivity (Wildman–Crippen MR) is 60.1 cm³/mol. The lowest BCUT2D eigenvalue weighted by Gasteiger charge is -2.12. The Kier molecular flexibility index (Phi) is 5.43. The summed E-state index contributed by atoms with van der Waals surface area (Å²) < 4.78 is 12.7. The van der Waals surface area contributed by atoms with Crippen LogP contribution in [0.5, 0.6) is 0 Å². The van der Waals surface area contributed by atoms with Crippen LogP contribution in [0.4, 0.5) is 4.39 Å². The van der Waals surface area contributed by atoms with Gasteiger partial charge in [-0.15, -0.1) is 19.0 Å². The molecule has 0 bridgehead atoms. The van der Waals surface area contributed by atoms with Crippen molar-refractivity contribution < 1.29 is 4.39 Å². The molecule has 0 spiro atoms. The smallest absolute Gasteiger partial charge is 0.123 e. The van der Waals surface area contributed by atoms with E-state index in [0.29, 0.717) is 6.42 Å². The zero-order valence-corrected chi connectivity index (χ0v) is 8.98. The van der Waals surface area contributed by atoms with Gasteiger partial charge in [0.15, 0.2) is 0 Å². The van der Waals surface area contributed by atoms with E-state index in [-0.39, 0.29) is 24.3 Å². The lowest BCUT2D eigenvalue weighted by Crippen LogP contribution is -2.10. The van der Waals surface area contributed by atoms with E-state index in [1.807, 2.05) is 6.92 Å². The second kappa shape index (κ2) is 5.78. The summed E-state index contributed by atoms with van der Waals surface area (Å²) in [6.07, 6.45) is 2.49. The van der Waals surface area contributed by atoms with Crippen LogP contribution in [0, 0.1) is 12.7 Å². The fourth-order valence-corrected chi connectivity index (χ4v) is 1.36. The summed E-state index contributed by atoms with van der Waals surface area (Å²) in [4.78, 5) is 0. The normalized spacial score (nSPS) is 11.6. The lowest BCUT2D eigenvalue weighted by molar-refractivity contribution is 0.623. The molecule has 0 saturated heterocycles. The van der Waals surface area contributed by atoms with Crippen molar-refractivity contribution in [2.45, 2.75) is 19.4 Å². The largest absolute Gasteiger partial charge is 0.324 e. The standard InChI is InChI=1S/C11H14FN.ClH/c1-3-4-11(13)10-6-5-9(12)7-8(10)2;/h3,5-7,11H,1,4,13H2,2H3;1H/t11-;/m0./s1. The van der Waals surface area contributed by atoms with Crippen molar-refractivity contribution in [3.8, 4) is 0 Å². The molecule has 3 heteroatoms. The SMILES string of the molecule is C=CC[C@H](N)c1ccc(F)cc1C.Cl. The van der Waals surface area contributed by atoms with Crippen LogP contribution < -0.4 is 5.73 Å². The van der Waals surface area contributed by atoms with Crippen molar-refractivity contribution in [3.05, 3.63) is 47.8 Å². The molecule has 14 heavy (non-hydrogen) atoms. The van der Waals surface area contributed by atoms with Crippen LogP contribution in [-0.4, -0.2) is 0 Å². The molecular formula is C11H15ClFN. The quantitative estimate of drug-likeness (QED) is 0.771. The Hall–Kier alpha value is -0.860. The van der Waals surface area contributed by atoms with Crippen LogP contribution >= 0.6 is 12.4 Å². The van der Waals surface area contributed by atoms with E-state index >= 15 is 0 Å². The number of aryl methyl sites for hydroxylation is 1. The van der Waals surface area contributed by atoms with Crippen molar-refractivity contribution >= 4 is 12.4 Å². The summed E-state index contributed by atoms with van der Waals surface area (Å²) in [5.74, 6) is -0.216. The van der Waals surface area contributed by atoms with Crippen molar-refractivity contribution in [2.24, 2.45) is 5.73 Å². The van der Waals surface area contributed by atoms with Gasteiger partial charge in [-0.05, 0) is 36.6 Å². The van der Waals surface area contributed by atoms with Gasteiger partial charge in [-0.2, -0.15) is 0 Å². The molecular weight excluding hydrogens is 201 g/mol. The average molecular weight is 216 g/mol. The van der Waals surface area contributed by atoms with E-state index in [2.05, 4.69) is 6.58 Å². The first-order valence-electron chi connectivity index (χ1n) is 4.27. The highest BCUT2D eigenvalue weighted by Crippen LogP contribution is 2.19. The van der Waals surface area contributed by atoms with Gasteiger partial charge in [-0.25, -0.2) is 4.39 Å². The third kappa shape index (κ3) is 3.13. The maximum Gasteiger partial charge on any atom is 0.123 e. The molecule has 0 amide bonds. The molecule has 0 fully saturated rings. The molecule has 1 rings (SSSR count). The summed E-state index contributed by atoms with van der Waals surface area (Å²) in [6, 6.07) is 4.60. The number of nitrogens with two attached hydrogens (primary N) is 1. The molecule has 0 aliphatic carbocycles. The summed E-state index contributed by atoms with van der Waals surface area (Å²) in [5.41, 5.74) is 7.75. The third-order valence-corrected chi connectivity index (χ3v) is 2.05. The van der Waals surface area contributed by atoms with E-state index in [1.165, 1.54) is 12.1 Å². The maximum absolute atomic E-state index is 12.7. The van der Waals surface area contributed by atoms with Crippen molar-refractivity contribution in [1.82, 2.24) is 0 Å². The fourth-order valence-electron chi connectivity index (χ4n) is 1.36. The lowest BCUT2D eigenvalue weighted by atomic mass is 9.99. The number of benzene rings is 1. The molecule has 0 aliphatic heterocycles. The van der Waals surface area contributed by atoms with Gasteiger partial charge in [0.1, 0.15) is 5.82 Å². The monoisotopic (exact) mass is 215 g/mol. The second-order valence-corrected chi connectivity index (χ2v) is 3.13. The predicted octanol–water partition coefficient (Wildman–Crippen LogP) is 3.13. The summed E-state index contributed by atoms with van der Waals surface area (Å²) in [5, 5.41) is 0. The molecule has 0 aliphatic rings. The molecule has 78 valence electrons. The molecule has 1 aromatic rings. The molecule has 0 aromatic heterocycles. The summed E-state index contributed by atoms with van der Waals surface area (Å²) in [6.45, 7) is 5.48. The van der Waals surface area contributed by atoms with Gasteiger partial charge < -0.3 is 5.73 Å². The Labute approximate surface area is 90.2 Å². The highest BCUT2D eigenvalue weighted by atomic mass is 35.5. The molecule has 0 heterocycles. The first-order valence-corrected chi connectivity index (χ1v) is 4.27. The molecule has 0 radical (unpaired) electrons. The van der Waals surface area contributed by atoms with Gasteiger partial charge in [0, 0.05) is 6.04 Å². The number of hydrogen-bond acceptors (Lipinski definition) is 1. The zero-order chi connectivity index (χ0) is 9.84. The van der Waals surface area contributed by atoms with Gasteiger partial charge in [-0.1, -0.05) is 12.1 Å². The third-order valence-electron chi connectivity index (χ3n) is 2.05. The zero-order valence-electron chi connectivity index (χ0n) is 8.16. The Balaban J connectivity index is 0.00000169. The highest BCUT2D eigenvalue weighted by molar-refractivity contribution is 5.85. The molecule has 2 N–H and O–H groups in total. The second-order valence-electron chi connectivity index (χ2n) is 3.13. The Morgan fingerprint density at radius 2 is 2.21 bits per heavy atom. The van der Waals surface area contributed by atoms with Crippen LogP contribution in [0.25, 0.3) is 0 Å². The Morgan fingerprint density at radius 3 is 2.71 bits per heavy atom. The minimum absolute atomic E-state index is 0. The van der Waals surface area contributed by atoms with Crippen molar-refractivity contribution in [2.75, 3.05) is 0 Å². The summed E-state index contributed by atoms with van der Waals surface area (Å²) in [7, 11) is 0. The first kappa shape index (κ1) is 13.1. The van der Waals surface area contributed by atoms with Crippen LogP contribution in [0.3, 0.4) is 0 Å². The maximum atomic E-state index is 12.7. The first-order chi connectivity index (χ1) is 6.15.